The van der Waals surface area contributed by atoms with Gasteiger partial charge in [-0.2, -0.15) is 13.2 Å². The Balaban J connectivity index is 2.08. The first-order valence-corrected chi connectivity index (χ1v) is 7.77. The van der Waals surface area contributed by atoms with Crippen LogP contribution in [-0.4, -0.2) is 20.6 Å². The third-order valence-corrected chi connectivity index (χ3v) is 4.19. The third-order valence-electron chi connectivity index (χ3n) is 3.45. The Morgan fingerprint density at radius 2 is 1.65 bits per heavy atom. The summed E-state index contributed by atoms with van der Waals surface area (Å²) >= 11 is -0.135. The Labute approximate surface area is 137 Å². The zero-order valence-electron chi connectivity index (χ0n) is 12.7. The molecule has 2 rings (SSSR count). The SMILES string of the molecule is CC(C)(Cc1ccc(SC(F)(F)F)cc1)C(O)c1cncnc1. The normalized spacial score (nSPS) is 13.8. The van der Waals surface area contributed by atoms with Gasteiger partial charge in [0.2, 0.25) is 0 Å². The highest BCUT2D eigenvalue weighted by atomic mass is 32.2. The zero-order chi connectivity index (χ0) is 17.1. The standard InChI is InChI=1S/C16H17F3N2OS/c1-15(2,14(22)12-8-20-10-21-9-12)7-11-3-5-13(6-4-11)23-16(17,18)19/h3-6,8-10,14,22H,7H2,1-2H3. The number of benzene rings is 1. The van der Waals surface area contributed by atoms with Crippen LogP contribution in [0.4, 0.5) is 13.2 Å². The Bertz CT molecular complexity index is 630. The van der Waals surface area contributed by atoms with Gasteiger partial charge in [-0.1, -0.05) is 26.0 Å². The summed E-state index contributed by atoms with van der Waals surface area (Å²) < 4.78 is 37.0. The van der Waals surface area contributed by atoms with Crippen molar-refractivity contribution in [3.05, 3.63) is 54.1 Å². The van der Waals surface area contributed by atoms with Crippen molar-refractivity contribution in [2.75, 3.05) is 0 Å². The largest absolute Gasteiger partial charge is 0.446 e. The number of alkyl halides is 3. The summed E-state index contributed by atoms with van der Waals surface area (Å²) in [7, 11) is 0. The lowest BCUT2D eigenvalue weighted by Crippen LogP contribution is -2.25. The van der Waals surface area contributed by atoms with E-state index in [1.165, 1.54) is 18.5 Å². The smallest absolute Gasteiger partial charge is 0.388 e. The van der Waals surface area contributed by atoms with E-state index >= 15 is 0 Å². The summed E-state index contributed by atoms with van der Waals surface area (Å²) in [4.78, 5) is 7.93. The second-order valence-electron chi connectivity index (χ2n) is 5.93. The number of rotatable bonds is 5. The molecule has 2 aromatic rings. The van der Waals surface area contributed by atoms with Crippen LogP contribution in [0.25, 0.3) is 0 Å². The fraction of sp³-hybridized carbons (Fsp3) is 0.375. The average Bonchev–Trinajstić information content (AvgIpc) is 2.48. The van der Waals surface area contributed by atoms with Gasteiger partial charge >= 0.3 is 5.51 Å². The van der Waals surface area contributed by atoms with Gasteiger partial charge in [-0.05, 0) is 41.3 Å². The van der Waals surface area contributed by atoms with E-state index in [2.05, 4.69) is 9.97 Å². The molecule has 0 fully saturated rings. The van der Waals surface area contributed by atoms with Crippen molar-refractivity contribution in [2.24, 2.45) is 5.41 Å². The highest BCUT2D eigenvalue weighted by Crippen LogP contribution is 2.38. The molecule has 3 nitrogen and oxygen atoms in total. The van der Waals surface area contributed by atoms with Gasteiger partial charge < -0.3 is 5.11 Å². The first-order valence-electron chi connectivity index (χ1n) is 6.95. The number of halogens is 3. The number of aliphatic hydroxyl groups excluding tert-OH is 1. The molecule has 1 aromatic carbocycles. The summed E-state index contributed by atoms with van der Waals surface area (Å²) in [6, 6.07) is 6.21. The summed E-state index contributed by atoms with van der Waals surface area (Å²) in [5, 5.41) is 10.5. The Kier molecular flexibility index (Phi) is 5.31. The molecule has 0 radical (unpaired) electrons. The van der Waals surface area contributed by atoms with E-state index in [1.807, 2.05) is 13.8 Å². The van der Waals surface area contributed by atoms with Gasteiger partial charge in [-0.25, -0.2) is 9.97 Å². The van der Waals surface area contributed by atoms with Crippen molar-refractivity contribution >= 4 is 11.8 Å². The predicted molar refractivity (Wildman–Crippen MR) is 82.8 cm³/mol. The highest BCUT2D eigenvalue weighted by Gasteiger charge is 2.31. The fourth-order valence-corrected chi connectivity index (χ4v) is 2.87. The molecule has 1 aromatic heterocycles. The lowest BCUT2D eigenvalue weighted by Gasteiger charge is -2.30. The molecule has 0 aliphatic heterocycles. The number of aliphatic hydroxyl groups is 1. The summed E-state index contributed by atoms with van der Waals surface area (Å²) in [6.07, 6.45) is 4.25. The van der Waals surface area contributed by atoms with E-state index in [4.69, 9.17) is 0 Å². The molecule has 0 aliphatic rings. The van der Waals surface area contributed by atoms with Crippen LogP contribution in [0.15, 0.2) is 47.9 Å². The first kappa shape index (κ1) is 17.7. The van der Waals surface area contributed by atoms with Crippen LogP contribution in [-0.2, 0) is 6.42 Å². The monoisotopic (exact) mass is 342 g/mol. The maximum Gasteiger partial charge on any atom is 0.446 e. The molecule has 1 atom stereocenters. The molecule has 23 heavy (non-hydrogen) atoms. The third kappa shape index (κ3) is 5.21. The second-order valence-corrected chi connectivity index (χ2v) is 7.07. The molecule has 1 unspecified atom stereocenters. The molecule has 124 valence electrons. The van der Waals surface area contributed by atoms with Gasteiger partial charge in [0.1, 0.15) is 6.33 Å². The highest BCUT2D eigenvalue weighted by molar-refractivity contribution is 8.00. The van der Waals surface area contributed by atoms with E-state index in [1.54, 1.807) is 24.5 Å². The van der Waals surface area contributed by atoms with Gasteiger partial charge in [-0.3, -0.25) is 0 Å². The molecule has 0 saturated heterocycles. The number of aromatic nitrogens is 2. The molecule has 0 spiro atoms. The van der Waals surface area contributed by atoms with Crippen LogP contribution in [0.1, 0.15) is 31.1 Å². The molecule has 0 saturated carbocycles. The summed E-state index contributed by atoms with van der Waals surface area (Å²) in [5.41, 5.74) is -3.33. The maximum atomic E-state index is 12.3. The molecule has 1 heterocycles. The number of hydrogen-bond acceptors (Lipinski definition) is 4. The van der Waals surface area contributed by atoms with Crippen molar-refractivity contribution in [3.8, 4) is 0 Å². The minimum Gasteiger partial charge on any atom is -0.388 e. The number of thioether (sulfide) groups is 1. The van der Waals surface area contributed by atoms with Crippen molar-refractivity contribution in [3.63, 3.8) is 0 Å². The quantitative estimate of drug-likeness (QED) is 0.819. The Morgan fingerprint density at radius 3 is 2.17 bits per heavy atom. The van der Waals surface area contributed by atoms with Crippen LogP contribution >= 0.6 is 11.8 Å². The van der Waals surface area contributed by atoms with Gasteiger partial charge in [0.05, 0.1) is 6.10 Å². The minimum absolute atomic E-state index is 0.135. The average molecular weight is 342 g/mol. The Morgan fingerprint density at radius 1 is 1.09 bits per heavy atom. The van der Waals surface area contributed by atoms with Crippen molar-refractivity contribution in [1.29, 1.82) is 0 Å². The first-order chi connectivity index (χ1) is 10.7. The lowest BCUT2D eigenvalue weighted by molar-refractivity contribution is -0.0328. The van der Waals surface area contributed by atoms with Crippen LogP contribution in [0.5, 0.6) is 0 Å². The van der Waals surface area contributed by atoms with Gasteiger partial charge in [0.15, 0.2) is 0 Å². The van der Waals surface area contributed by atoms with E-state index in [0.717, 1.165) is 5.56 Å². The Hall–Kier alpha value is -1.60. The molecule has 0 amide bonds. The maximum absolute atomic E-state index is 12.3. The van der Waals surface area contributed by atoms with Crippen molar-refractivity contribution in [1.82, 2.24) is 9.97 Å². The second kappa shape index (κ2) is 6.88. The lowest BCUT2D eigenvalue weighted by atomic mass is 9.78. The molecule has 1 N–H and O–H groups in total. The van der Waals surface area contributed by atoms with Gasteiger partial charge in [0, 0.05) is 22.9 Å². The van der Waals surface area contributed by atoms with E-state index < -0.39 is 17.0 Å². The van der Waals surface area contributed by atoms with Crippen LogP contribution < -0.4 is 0 Å². The van der Waals surface area contributed by atoms with E-state index in [0.29, 0.717) is 12.0 Å². The van der Waals surface area contributed by atoms with Crippen LogP contribution in [0.2, 0.25) is 0 Å². The van der Waals surface area contributed by atoms with E-state index in [-0.39, 0.29) is 16.7 Å². The van der Waals surface area contributed by atoms with Crippen LogP contribution in [0.3, 0.4) is 0 Å². The summed E-state index contributed by atoms with van der Waals surface area (Å²) in [6.45, 7) is 3.78. The number of nitrogens with zero attached hydrogens (tertiary/aromatic N) is 2. The summed E-state index contributed by atoms with van der Waals surface area (Å²) in [5.74, 6) is 0. The molecular weight excluding hydrogens is 325 g/mol. The van der Waals surface area contributed by atoms with Crippen molar-refractivity contribution < 1.29 is 18.3 Å². The molecule has 0 aliphatic carbocycles. The zero-order valence-corrected chi connectivity index (χ0v) is 13.5. The molecular formula is C16H17F3N2OS. The van der Waals surface area contributed by atoms with Crippen LogP contribution in [0, 0.1) is 5.41 Å². The minimum atomic E-state index is -4.29. The molecule has 0 bridgehead atoms. The predicted octanol–water partition coefficient (Wildman–Crippen LogP) is 4.39. The van der Waals surface area contributed by atoms with Crippen molar-refractivity contribution in [2.45, 2.75) is 36.8 Å². The topological polar surface area (TPSA) is 46.0 Å². The van der Waals surface area contributed by atoms with Gasteiger partial charge in [0.25, 0.3) is 0 Å². The van der Waals surface area contributed by atoms with Gasteiger partial charge in [-0.15, -0.1) is 0 Å². The van der Waals surface area contributed by atoms with E-state index in [9.17, 15) is 18.3 Å². The molecule has 7 heteroatoms. The number of hydrogen-bond donors (Lipinski definition) is 1. The fourth-order valence-electron chi connectivity index (χ4n) is 2.33.